The van der Waals surface area contributed by atoms with Gasteiger partial charge in [0, 0.05) is 30.5 Å². The number of aliphatic hydroxyl groups is 2. The van der Waals surface area contributed by atoms with Crippen LogP contribution in [0.2, 0.25) is 0 Å². The van der Waals surface area contributed by atoms with Crippen LogP contribution < -0.4 is 0 Å². The number of nitrogens with zero attached hydrogens (tertiary/aromatic N) is 2. The molecule has 2 aromatic rings. The highest BCUT2D eigenvalue weighted by Crippen LogP contribution is 2.40. The Hall–Kier alpha value is -3.62. The molecule has 2 N–H and O–H groups in total. The monoisotopic (exact) mass is 818 g/mol. The summed E-state index contributed by atoms with van der Waals surface area (Å²) in [6.07, 6.45) is -2.73. The number of likely N-dealkylation sites (N-methyl/N-ethyl adjacent to an activating group) is 1. The molecule has 3 saturated heterocycles. The van der Waals surface area contributed by atoms with Gasteiger partial charge in [-0.1, -0.05) is 88.4 Å². The Labute approximate surface area is 350 Å². The lowest BCUT2D eigenvalue weighted by atomic mass is 9.73. The third kappa shape index (κ3) is 10.6. The molecule has 12 heteroatoms. The first-order chi connectivity index (χ1) is 27.8. The van der Waals surface area contributed by atoms with Gasteiger partial charge in [0.2, 0.25) is 5.91 Å². The minimum absolute atomic E-state index is 0.00330. The number of carbonyl (C=O) groups is 3. The number of ether oxygens (including phenoxy) is 5. The van der Waals surface area contributed by atoms with Crippen molar-refractivity contribution in [1.29, 1.82) is 0 Å². The summed E-state index contributed by atoms with van der Waals surface area (Å²) in [6, 6.07) is 17.9. The molecule has 0 aromatic heterocycles. The van der Waals surface area contributed by atoms with Crippen molar-refractivity contribution in [3.05, 3.63) is 65.7 Å². The number of esters is 1. The number of benzene rings is 2. The number of rotatable bonds is 6. The number of hydrogen-bond acceptors (Lipinski definition) is 11. The predicted octanol–water partition coefficient (Wildman–Crippen LogP) is 6.30. The van der Waals surface area contributed by atoms with E-state index in [1.54, 1.807) is 20.8 Å². The molecule has 5 unspecified atom stereocenters. The minimum Gasteiger partial charge on any atom is -0.459 e. The number of fused-ring (bicyclic) bond motifs is 5. The third-order valence-corrected chi connectivity index (χ3v) is 12.5. The van der Waals surface area contributed by atoms with E-state index in [9.17, 15) is 24.6 Å². The van der Waals surface area contributed by atoms with Crippen LogP contribution in [-0.4, -0.2) is 120 Å². The second kappa shape index (κ2) is 19.4. The van der Waals surface area contributed by atoms with Crippen molar-refractivity contribution in [3.63, 3.8) is 0 Å². The van der Waals surface area contributed by atoms with Crippen molar-refractivity contribution in [2.75, 3.05) is 27.3 Å². The van der Waals surface area contributed by atoms with Gasteiger partial charge in [0.15, 0.2) is 12.1 Å². The van der Waals surface area contributed by atoms with Crippen LogP contribution in [-0.2, 0) is 38.1 Å². The fourth-order valence-electron chi connectivity index (χ4n) is 9.30. The SMILES string of the molecule is CC[C@@H]1OC(=O)[C@H](C)C(=O)[C@H](C)C(O[C@@H]2O[C@H](C)C[C@H](N(C)C)C2O)[C@@]2(C)CC(C)C(=NC(C)=O)C(C)C(OC/C(=C/c3ccc(-c4ccccc4)cc3)CO2)[C@]1(C)O. The van der Waals surface area contributed by atoms with E-state index < -0.39 is 83.2 Å². The van der Waals surface area contributed by atoms with Crippen molar-refractivity contribution < 1.29 is 48.3 Å². The van der Waals surface area contributed by atoms with Crippen molar-refractivity contribution in [3.8, 4) is 11.1 Å². The molecule has 3 heterocycles. The zero-order valence-electron chi connectivity index (χ0n) is 36.7. The molecule has 1 amide bonds. The van der Waals surface area contributed by atoms with Gasteiger partial charge in [-0.2, -0.15) is 0 Å². The van der Waals surface area contributed by atoms with Crippen molar-refractivity contribution in [1.82, 2.24) is 4.90 Å². The molecule has 2 bridgehead atoms. The molecule has 12 nitrogen and oxygen atoms in total. The van der Waals surface area contributed by atoms with E-state index >= 15 is 0 Å². The van der Waals surface area contributed by atoms with E-state index in [0.29, 0.717) is 12.1 Å². The van der Waals surface area contributed by atoms with Crippen LogP contribution in [0.1, 0.15) is 87.1 Å². The lowest BCUT2D eigenvalue weighted by Gasteiger charge is -2.47. The van der Waals surface area contributed by atoms with Gasteiger partial charge in [-0.25, -0.2) is 4.99 Å². The molecular weight excluding hydrogens is 753 g/mol. The van der Waals surface area contributed by atoms with Crippen LogP contribution in [0.5, 0.6) is 0 Å². The fourth-order valence-corrected chi connectivity index (χ4v) is 9.30. The molecule has 3 aliphatic heterocycles. The molecule has 0 radical (unpaired) electrons. The summed E-state index contributed by atoms with van der Waals surface area (Å²) >= 11 is 0. The fraction of sp³-hybridized carbons (Fsp3) is 0.617. The summed E-state index contributed by atoms with van der Waals surface area (Å²) in [5, 5.41) is 24.2. The first kappa shape index (κ1) is 46.4. The molecule has 5 rings (SSSR count). The summed E-state index contributed by atoms with van der Waals surface area (Å²) in [5.74, 6) is -5.03. The highest BCUT2D eigenvalue weighted by atomic mass is 16.7. The normalized spacial score (nSPS) is 38.0. The summed E-state index contributed by atoms with van der Waals surface area (Å²) in [6.45, 7) is 15.5. The summed E-state index contributed by atoms with van der Waals surface area (Å²) in [4.78, 5) is 47.8. The number of amides is 1. The van der Waals surface area contributed by atoms with E-state index in [4.69, 9.17) is 23.7 Å². The third-order valence-electron chi connectivity index (χ3n) is 12.5. The van der Waals surface area contributed by atoms with E-state index in [-0.39, 0.29) is 38.2 Å². The molecule has 3 aliphatic rings. The van der Waals surface area contributed by atoms with Gasteiger partial charge in [0.05, 0.1) is 37.1 Å². The number of Topliss-reactive ketones (excluding diaryl/α,β-unsaturated/α-hetero) is 1. The number of aliphatic imine (C=N–C) groups is 1. The van der Waals surface area contributed by atoms with Gasteiger partial charge < -0.3 is 38.8 Å². The number of carbonyl (C=O) groups excluding carboxylic acids is 3. The van der Waals surface area contributed by atoms with Crippen LogP contribution in [0.3, 0.4) is 0 Å². The summed E-state index contributed by atoms with van der Waals surface area (Å²) < 4.78 is 32.9. The second-order valence-electron chi connectivity index (χ2n) is 17.7. The highest BCUT2D eigenvalue weighted by molar-refractivity contribution is 6.00. The Balaban J connectivity index is 1.71. The summed E-state index contributed by atoms with van der Waals surface area (Å²) in [5.41, 5.74) is 1.10. The van der Waals surface area contributed by atoms with Gasteiger partial charge >= 0.3 is 5.97 Å². The van der Waals surface area contributed by atoms with Gasteiger partial charge in [-0.05, 0) is 89.2 Å². The molecular formula is C47H66N2O10. The predicted molar refractivity (Wildman–Crippen MR) is 226 cm³/mol. The molecule has 0 saturated carbocycles. The standard InChI is InChI=1S/C47H66N2O10/c1-12-38-47(9,54)43-29(4)39(48-32(7)50)27(2)24-46(8,56-26-34(25-55-43)23-33-18-20-36(21-19-33)35-16-14-13-15-17-35)42(30(5)40(51)31(6)44(53)58-38)59-45-41(52)37(49(10)11)22-28(3)57-45/h13-21,23,27-31,37-38,41-43,45,52,54H,12,22,24-26H2,1-11H3/b34-23-,48-39?/t27?,28-,29?,30+,31-,37+,38+,41?,42?,43?,45+,46-,47-/m1/s1. The lowest BCUT2D eigenvalue weighted by molar-refractivity contribution is -0.296. The maximum absolute atomic E-state index is 14.6. The smallest absolute Gasteiger partial charge is 0.316 e. The quantitative estimate of drug-likeness (QED) is 0.250. The number of cyclic esters (lactones) is 1. The first-order valence-electron chi connectivity index (χ1n) is 21.1. The molecule has 0 spiro atoms. The average Bonchev–Trinajstić information content (AvgIpc) is 3.21. The molecule has 0 aliphatic carbocycles. The van der Waals surface area contributed by atoms with Crippen molar-refractivity contribution >= 4 is 29.4 Å². The van der Waals surface area contributed by atoms with Gasteiger partial charge in [0.1, 0.15) is 23.7 Å². The highest BCUT2D eigenvalue weighted by Gasteiger charge is 2.53. The zero-order chi connectivity index (χ0) is 43.4. The van der Waals surface area contributed by atoms with Crippen LogP contribution in [0.15, 0.2) is 65.2 Å². The van der Waals surface area contributed by atoms with Crippen molar-refractivity contribution in [2.45, 2.75) is 136 Å². The van der Waals surface area contributed by atoms with E-state index in [1.165, 1.54) is 13.8 Å². The maximum atomic E-state index is 14.6. The molecule has 59 heavy (non-hydrogen) atoms. The minimum atomic E-state index is -1.79. The second-order valence-corrected chi connectivity index (χ2v) is 17.7. The Morgan fingerprint density at radius 3 is 2.22 bits per heavy atom. The summed E-state index contributed by atoms with van der Waals surface area (Å²) in [7, 11) is 3.77. The Kier molecular flexibility index (Phi) is 15.3. The lowest BCUT2D eigenvalue weighted by Crippen LogP contribution is -2.60. The molecule has 3 fully saturated rings. The van der Waals surface area contributed by atoms with Crippen LogP contribution in [0, 0.1) is 23.7 Å². The van der Waals surface area contributed by atoms with Crippen LogP contribution in [0.4, 0.5) is 0 Å². The van der Waals surface area contributed by atoms with Crippen molar-refractivity contribution in [2.24, 2.45) is 28.7 Å². The van der Waals surface area contributed by atoms with Gasteiger partial charge in [-0.15, -0.1) is 0 Å². The van der Waals surface area contributed by atoms with E-state index in [1.807, 2.05) is 95.2 Å². The Morgan fingerprint density at radius 1 is 0.966 bits per heavy atom. The zero-order valence-corrected chi connectivity index (χ0v) is 36.7. The molecule has 2 aromatic carbocycles. The number of hydrogen-bond donors (Lipinski definition) is 2. The largest absolute Gasteiger partial charge is 0.459 e. The van der Waals surface area contributed by atoms with E-state index in [0.717, 1.165) is 22.3 Å². The van der Waals surface area contributed by atoms with Gasteiger partial charge in [0.25, 0.3) is 0 Å². The first-order valence-corrected chi connectivity index (χ1v) is 21.1. The van der Waals surface area contributed by atoms with Gasteiger partial charge in [-0.3, -0.25) is 14.4 Å². The Morgan fingerprint density at radius 2 is 1.61 bits per heavy atom. The van der Waals surface area contributed by atoms with E-state index in [2.05, 4.69) is 17.1 Å². The average molecular weight is 819 g/mol. The number of ketones is 1. The topological polar surface area (TPSA) is 153 Å². The van der Waals surface area contributed by atoms with Crippen LogP contribution >= 0.6 is 0 Å². The molecule has 324 valence electrons. The molecule has 13 atom stereocenters. The number of aliphatic hydroxyl groups excluding tert-OH is 1. The van der Waals surface area contributed by atoms with Crippen LogP contribution in [0.25, 0.3) is 17.2 Å². The maximum Gasteiger partial charge on any atom is 0.316 e. The Bertz CT molecular complexity index is 1830.